The summed E-state index contributed by atoms with van der Waals surface area (Å²) in [6, 6.07) is 10.2. The zero-order valence-corrected chi connectivity index (χ0v) is 17.6. The van der Waals surface area contributed by atoms with Gasteiger partial charge >= 0.3 is 0 Å². The quantitative estimate of drug-likeness (QED) is 0.762. The highest BCUT2D eigenvalue weighted by Crippen LogP contribution is 2.24. The number of aryl methyl sites for hydroxylation is 1. The third kappa shape index (κ3) is 4.46. The van der Waals surface area contributed by atoms with Crippen molar-refractivity contribution in [3.8, 4) is 0 Å². The minimum atomic E-state index is 0.105. The third-order valence-corrected chi connectivity index (χ3v) is 5.71. The zero-order chi connectivity index (χ0) is 20.1. The predicted octanol–water partition coefficient (Wildman–Crippen LogP) is 3.90. The van der Waals surface area contributed by atoms with Gasteiger partial charge in [-0.05, 0) is 49.6 Å². The molecule has 1 aliphatic heterocycles. The van der Waals surface area contributed by atoms with Crippen LogP contribution in [0.1, 0.15) is 41.3 Å². The Balaban J connectivity index is 1.64. The Bertz CT molecular complexity index is 812. The lowest BCUT2D eigenvalue weighted by Gasteiger charge is -2.37. The highest BCUT2D eigenvalue weighted by Gasteiger charge is 2.23. The molecule has 0 aliphatic carbocycles. The number of hydrogen-bond donors (Lipinski definition) is 0. The molecule has 1 aliphatic rings. The average molecular weight is 381 g/mol. The molecule has 150 valence electrons. The van der Waals surface area contributed by atoms with E-state index < -0.39 is 0 Å². The van der Waals surface area contributed by atoms with Gasteiger partial charge in [0, 0.05) is 57.2 Å². The summed E-state index contributed by atoms with van der Waals surface area (Å²) in [5.41, 5.74) is 4.66. The maximum atomic E-state index is 13.0. The highest BCUT2D eigenvalue weighted by atomic mass is 16.2. The van der Waals surface area contributed by atoms with Crippen LogP contribution < -0.4 is 9.80 Å². The molecule has 28 heavy (non-hydrogen) atoms. The average Bonchev–Trinajstić information content (AvgIpc) is 2.73. The summed E-state index contributed by atoms with van der Waals surface area (Å²) in [5.74, 6) is 0.974. The van der Waals surface area contributed by atoms with Crippen molar-refractivity contribution in [2.24, 2.45) is 0 Å². The first-order chi connectivity index (χ1) is 13.5. The van der Waals surface area contributed by atoms with E-state index in [0.29, 0.717) is 0 Å². The molecule has 1 aromatic carbocycles. The van der Waals surface area contributed by atoms with E-state index in [1.54, 1.807) is 6.20 Å². The molecule has 0 spiro atoms. The predicted molar refractivity (Wildman–Crippen MR) is 116 cm³/mol. The van der Waals surface area contributed by atoms with Crippen molar-refractivity contribution in [1.29, 1.82) is 0 Å². The molecule has 0 radical (unpaired) electrons. The molecule has 1 amide bonds. The van der Waals surface area contributed by atoms with Gasteiger partial charge in [-0.3, -0.25) is 4.79 Å². The number of anilines is 2. The van der Waals surface area contributed by atoms with Crippen molar-refractivity contribution in [3.05, 3.63) is 53.2 Å². The minimum Gasteiger partial charge on any atom is -0.368 e. The maximum absolute atomic E-state index is 13.0. The maximum Gasteiger partial charge on any atom is 0.254 e. The van der Waals surface area contributed by atoms with Crippen molar-refractivity contribution in [2.45, 2.75) is 33.6 Å². The molecule has 1 fully saturated rings. The number of amides is 1. The number of nitrogens with zero attached hydrogens (tertiary/aromatic N) is 4. The number of hydrogen-bond acceptors (Lipinski definition) is 4. The summed E-state index contributed by atoms with van der Waals surface area (Å²) in [5, 5.41) is 0. The van der Waals surface area contributed by atoms with Gasteiger partial charge < -0.3 is 14.7 Å². The van der Waals surface area contributed by atoms with E-state index in [4.69, 9.17) is 0 Å². The topological polar surface area (TPSA) is 39.7 Å². The monoisotopic (exact) mass is 380 g/mol. The summed E-state index contributed by atoms with van der Waals surface area (Å²) in [6.07, 6.45) is 4.02. The van der Waals surface area contributed by atoms with Crippen molar-refractivity contribution in [1.82, 2.24) is 9.88 Å². The smallest absolute Gasteiger partial charge is 0.254 e. The first-order valence-electron chi connectivity index (χ1n) is 10.3. The number of carbonyl (C=O) groups excluding carboxylic acids is 1. The molecule has 0 N–H and O–H groups in total. The van der Waals surface area contributed by atoms with Crippen molar-refractivity contribution < 1.29 is 4.79 Å². The fourth-order valence-corrected chi connectivity index (χ4v) is 3.68. The number of unbranched alkanes of at least 4 members (excludes halogenated alkanes) is 1. The van der Waals surface area contributed by atoms with Gasteiger partial charge in [0.25, 0.3) is 5.91 Å². The van der Waals surface area contributed by atoms with Crippen LogP contribution in [0.5, 0.6) is 0 Å². The van der Waals surface area contributed by atoms with Gasteiger partial charge in [0.2, 0.25) is 0 Å². The fourth-order valence-electron chi connectivity index (χ4n) is 3.68. The lowest BCUT2D eigenvalue weighted by atomic mass is 10.1. The van der Waals surface area contributed by atoms with E-state index in [0.717, 1.165) is 56.9 Å². The standard InChI is InChI=1S/C23H32N4O/c1-5-6-12-25(4)22-17-20(10-11-24-22)23(28)27-15-13-26(14-16-27)21-9-7-8-18(2)19(21)3/h7-11,17H,5-6,12-16H2,1-4H3. The fraction of sp³-hybridized carbons (Fsp3) is 0.478. The Morgan fingerprint density at radius 1 is 1.14 bits per heavy atom. The second kappa shape index (κ2) is 9.09. The molecule has 3 rings (SSSR count). The minimum absolute atomic E-state index is 0.105. The van der Waals surface area contributed by atoms with Crippen LogP contribution in [0.3, 0.4) is 0 Å². The van der Waals surface area contributed by atoms with E-state index in [-0.39, 0.29) is 5.91 Å². The second-order valence-electron chi connectivity index (χ2n) is 7.68. The molecule has 0 saturated carbocycles. The first kappa shape index (κ1) is 20.2. The molecule has 5 heteroatoms. The van der Waals surface area contributed by atoms with Gasteiger partial charge in [0.1, 0.15) is 5.82 Å². The van der Waals surface area contributed by atoms with Crippen LogP contribution in [0, 0.1) is 13.8 Å². The molecule has 2 aromatic rings. The van der Waals surface area contributed by atoms with Gasteiger partial charge in [-0.2, -0.15) is 0 Å². The first-order valence-corrected chi connectivity index (χ1v) is 10.3. The van der Waals surface area contributed by atoms with Gasteiger partial charge in [-0.1, -0.05) is 25.5 Å². The molecule has 2 heterocycles. The molecule has 1 saturated heterocycles. The number of piperazine rings is 1. The number of carbonyl (C=O) groups is 1. The Kier molecular flexibility index (Phi) is 6.55. The van der Waals surface area contributed by atoms with E-state index >= 15 is 0 Å². The largest absolute Gasteiger partial charge is 0.368 e. The van der Waals surface area contributed by atoms with Crippen LogP contribution >= 0.6 is 0 Å². The summed E-state index contributed by atoms with van der Waals surface area (Å²) in [4.78, 5) is 23.9. The summed E-state index contributed by atoms with van der Waals surface area (Å²) >= 11 is 0. The van der Waals surface area contributed by atoms with E-state index in [2.05, 4.69) is 53.8 Å². The van der Waals surface area contributed by atoms with Crippen LogP contribution in [0.2, 0.25) is 0 Å². The molecular weight excluding hydrogens is 348 g/mol. The van der Waals surface area contributed by atoms with Gasteiger partial charge in [0.15, 0.2) is 0 Å². The van der Waals surface area contributed by atoms with Crippen LogP contribution in [-0.2, 0) is 0 Å². The SMILES string of the molecule is CCCCN(C)c1cc(C(=O)N2CCN(c3cccc(C)c3C)CC2)ccn1. The Morgan fingerprint density at radius 2 is 1.89 bits per heavy atom. The Hall–Kier alpha value is -2.56. The summed E-state index contributed by atoms with van der Waals surface area (Å²) < 4.78 is 0. The molecule has 0 unspecified atom stereocenters. The van der Waals surface area contributed by atoms with Crippen LogP contribution in [0.15, 0.2) is 36.5 Å². The molecule has 5 nitrogen and oxygen atoms in total. The molecule has 1 aromatic heterocycles. The molecular formula is C23H32N4O. The summed E-state index contributed by atoms with van der Waals surface area (Å²) in [6.45, 7) is 10.7. The number of rotatable bonds is 6. The van der Waals surface area contributed by atoms with Crippen LogP contribution in [0.25, 0.3) is 0 Å². The Labute approximate surface area is 169 Å². The van der Waals surface area contributed by atoms with Crippen molar-refractivity contribution in [2.75, 3.05) is 49.6 Å². The number of pyridine rings is 1. The summed E-state index contributed by atoms with van der Waals surface area (Å²) in [7, 11) is 2.04. The van der Waals surface area contributed by atoms with E-state index in [9.17, 15) is 4.79 Å². The molecule has 0 bridgehead atoms. The lowest BCUT2D eigenvalue weighted by molar-refractivity contribution is 0.0746. The van der Waals surface area contributed by atoms with Crippen molar-refractivity contribution in [3.63, 3.8) is 0 Å². The third-order valence-electron chi connectivity index (χ3n) is 5.71. The zero-order valence-electron chi connectivity index (χ0n) is 17.6. The number of aromatic nitrogens is 1. The lowest BCUT2D eigenvalue weighted by Crippen LogP contribution is -2.49. The Morgan fingerprint density at radius 3 is 2.61 bits per heavy atom. The van der Waals surface area contributed by atoms with Crippen LogP contribution in [-0.4, -0.2) is 55.6 Å². The van der Waals surface area contributed by atoms with E-state index in [1.165, 1.54) is 16.8 Å². The number of benzene rings is 1. The molecule has 0 atom stereocenters. The van der Waals surface area contributed by atoms with Gasteiger partial charge in [-0.25, -0.2) is 4.98 Å². The van der Waals surface area contributed by atoms with Gasteiger partial charge in [-0.15, -0.1) is 0 Å². The normalized spacial score (nSPS) is 14.3. The van der Waals surface area contributed by atoms with E-state index in [1.807, 2.05) is 24.1 Å². The highest BCUT2D eigenvalue weighted by molar-refractivity contribution is 5.95. The van der Waals surface area contributed by atoms with Crippen LogP contribution in [0.4, 0.5) is 11.5 Å². The van der Waals surface area contributed by atoms with Crippen molar-refractivity contribution >= 4 is 17.4 Å². The second-order valence-corrected chi connectivity index (χ2v) is 7.68. The van der Waals surface area contributed by atoms with Gasteiger partial charge in [0.05, 0.1) is 0 Å².